The van der Waals surface area contributed by atoms with Crippen molar-refractivity contribution in [1.29, 1.82) is 0 Å². The number of halogens is 2. The van der Waals surface area contributed by atoms with Gasteiger partial charge in [0.1, 0.15) is 11.6 Å². The van der Waals surface area contributed by atoms with Gasteiger partial charge in [0.25, 0.3) is 0 Å². The SMILES string of the molecule is OCc1cc(Oc2cc(F)ccc2Br)nc2ccccc12. The van der Waals surface area contributed by atoms with Gasteiger partial charge in [-0.3, -0.25) is 0 Å². The Balaban J connectivity index is 2.06. The maximum atomic E-state index is 13.3. The van der Waals surface area contributed by atoms with E-state index in [0.717, 1.165) is 5.39 Å². The first-order chi connectivity index (χ1) is 10.2. The van der Waals surface area contributed by atoms with E-state index in [9.17, 15) is 9.50 Å². The summed E-state index contributed by atoms with van der Waals surface area (Å²) in [6, 6.07) is 13.3. The first-order valence-corrected chi connectivity index (χ1v) is 7.09. The van der Waals surface area contributed by atoms with Crippen LogP contribution < -0.4 is 4.74 Å². The van der Waals surface area contributed by atoms with Crippen LogP contribution in [-0.4, -0.2) is 10.1 Å². The molecule has 0 aliphatic rings. The van der Waals surface area contributed by atoms with Gasteiger partial charge in [-0.25, -0.2) is 9.37 Å². The molecule has 0 bridgehead atoms. The average molecular weight is 348 g/mol. The molecule has 0 atom stereocenters. The molecule has 1 heterocycles. The molecule has 3 aromatic rings. The van der Waals surface area contributed by atoms with E-state index in [1.165, 1.54) is 12.1 Å². The zero-order valence-electron chi connectivity index (χ0n) is 10.9. The number of benzene rings is 2. The van der Waals surface area contributed by atoms with Crippen molar-refractivity contribution in [2.24, 2.45) is 0 Å². The largest absolute Gasteiger partial charge is 0.438 e. The van der Waals surface area contributed by atoms with Gasteiger partial charge in [-0.15, -0.1) is 0 Å². The molecule has 1 N–H and O–H groups in total. The van der Waals surface area contributed by atoms with E-state index >= 15 is 0 Å². The van der Waals surface area contributed by atoms with Gasteiger partial charge < -0.3 is 9.84 Å². The number of nitrogens with zero attached hydrogens (tertiary/aromatic N) is 1. The Kier molecular flexibility index (Phi) is 3.86. The van der Waals surface area contributed by atoms with E-state index in [1.807, 2.05) is 24.3 Å². The van der Waals surface area contributed by atoms with Gasteiger partial charge >= 0.3 is 0 Å². The van der Waals surface area contributed by atoms with Gasteiger partial charge in [-0.05, 0) is 39.7 Å². The summed E-state index contributed by atoms with van der Waals surface area (Å²) in [6.45, 7) is -0.121. The fourth-order valence-corrected chi connectivity index (χ4v) is 2.40. The lowest BCUT2D eigenvalue weighted by Gasteiger charge is -2.10. The van der Waals surface area contributed by atoms with Crippen molar-refractivity contribution < 1.29 is 14.2 Å². The molecule has 0 amide bonds. The Morgan fingerprint density at radius 2 is 1.95 bits per heavy atom. The number of fused-ring (bicyclic) bond motifs is 1. The fourth-order valence-electron chi connectivity index (χ4n) is 2.07. The van der Waals surface area contributed by atoms with Crippen molar-refractivity contribution in [1.82, 2.24) is 4.98 Å². The van der Waals surface area contributed by atoms with Crippen LogP contribution in [0.25, 0.3) is 10.9 Å². The molecule has 106 valence electrons. The van der Waals surface area contributed by atoms with Gasteiger partial charge in [0.15, 0.2) is 0 Å². The predicted octanol–water partition coefficient (Wildman–Crippen LogP) is 4.42. The van der Waals surface area contributed by atoms with Crippen LogP contribution >= 0.6 is 15.9 Å². The number of hydrogen-bond donors (Lipinski definition) is 1. The summed E-state index contributed by atoms with van der Waals surface area (Å²) in [6.07, 6.45) is 0. The highest BCUT2D eigenvalue weighted by Gasteiger charge is 2.09. The van der Waals surface area contributed by atoms with Crippen molar-refractivity contribution in [3.8, 4) is 11.6 Å². The number of ether oxygens (including phenoxy) is 1. The number of aromatic nitrogens is 1. The zero-order valence-corrected chi connectivity index (χ0v) is 12.5. The summed E-state index contributed by atoms with van der Waals surface area (Å²) in [7, 11) is 0. The Bertz CT molecular complexity index is 807. The van der Waals surface area contributed by atoms with E-state index in [1.54, 1.807) is 12.1 Å². The molecule has 3 rings (SSSR count). The number of aliphatic hydroxyl groups excluding tert-OH is 1. The Morgan fingerprint density at radius 1 is 1.14 bits per heavy atom. The molecule has 0 radical (unpaired) electrons. The first kappa shape index (κ1) is 14.0. The van der Waals surface area contributed by atoms with Gasteiger partial charge in [0.2, 0.25) is 5.88 Å². The maximum Gasteiger partial charge on any atom is 0.220 e. The van der Waals surface area contributed by atoms with Crippen LogP contribution in [0.15, 0.2) is 53.0 Å². The maximum absolute atomic E-state index is 13.3. The van der Waals surface area contributed by atoms with Crippen molar-refractivity contribution >= 4 is 26.8 Å². The normalized spacial score (nSPS) is 10.8. The van der Waals surface area contributed by atoms with Crippen molar-refractivity contribution in [3.05, 3.63) is 64.4 Å². The zero-order chi connectivity index (χ0) is 14.8. The van der Waals surface area contributed by atoms with Gasteiger partial charge in [-0.2, -0.15) is 0 Å². The highest BCUT2D eigenvalue weighted by Crippen LogP contribution is 2.31. The molecule has 0 saturated carbocycles. The summed E-state index contributed by atoms with van der Waals surface area (Å²) in [5, 5.41) is 10.3. The molecular weight excluding hydrogens is 337 g/mol. The molecule has 5 heteroatoms. The predicted molar refractivity (Wildman–Crippen MR) is 81.8 cm³/mol. The van der Waals surface area contributed by atoms with Crippen LogP contribution in [-0.2, 0) is 6.61 Å². The third-order valence-corrected chi connectivity index (χ3v) is 3.71. The minimum absolute atomic E-state index is 0.121. The van der Waals surface area contributed by atoms with E-state index in [4.69, 9.17) is 4.74 Å². The van der Waals surface area contributed by atoms with Gasteiger partial charge in [0.05, 0.1) is 16.6 Å². The van der Waals surface area contributed by atoms with Crippen LogP contribution in [0.3, 0.4) is 0 Å². The van der Waals surface area contributed by atoms with E-state index in [-0.39, 0.29) is 6.61 Å². The summed E-state index contributed by atoms with van der Waals surface area (Å²) in [5.74, 6) is 0.252. The molecule has 0 spiro atoms. The lowest BCUT2D eigenvalue weighted by molar-refractivity contribution is 0.282. The van der Waals surface area contributed by atoms with Crippen molar-refractivity contribution in [2.45, 2.75) is 6.61 Å². The second-order valence-corrected chi connectivity index (χ2v) is 5.33. The van der Waals surface area contributed by atoms with Crippen LogP contribution in [0.2, 0.25) is 0 Å². The van der Waals surface area contributed by atoms with Gasteiger partial charge in [0, 0.05) is 17.5 Å². The van der Waals surface area contributed by atoms with Crippen LogP contribution in [0.5, 0.6) is 11.6 Å². The number of rotatable bonds is 3. The quantitative estimate of drug-likeness (QED) is 0.762. The summed E-state index contributed by atoms with van der Waals surface area (Å²) in [4.78, 5) is 4.37. The molecule has 2 aromatic carbocycles. The number of aliphatic hydroxyl groups is 1. The standard InChI is InChI=1S/C16H11BrFNO2/c17-13-6-5-11(18)8-15(13)21-16-7-10(9-20)12-3-1-2-4-14(12)19-16/h1-8,20H,9H2. The number of pyridine rings is 1. The second-order valence-electron chi connectivity index (χ2n) is 4.47. The Morgan fingerprint density at radius 3 is 2.76 bits per heavy atom. The number of para-hydroxylation sites is 1. The van der Waals surface area contributed by atoms with Gasteiger partial charge in [-0.1, -0.05) is 18.2 Å². The second kappa shape index (κ2) is 5.79. The lowest BCUT2D eigenvalue weighted by Crippen LogP contribution is -1.94. The number of hydrogen-bond acceptors (Lipinski definition) is 3. The fraction of sp³-hybridized carbons (Fsp3) is 0.0625. The van der Waals surface area contributed by atoms with Crippen molar-refractivity contribution in [3.63, 3.8) is 0 Å². The van der Waals surface area contributed by atoms with E-state index in [2.05, 4.69) is 20.9 Å². The molecule has 21 heavy (non-hydrogen) atoms. The van der Waals surface area contributed by atoms with E-state index < -0.39 is 5.82 Å². The highest BCUT2D eigenvalue weighted by molar-refractivity contribution is 9.10. The summed E-state index contributed by atoms with van der Waals surface area (Å²) in [5.41, 5.74) is 1.43. The van der Waals surface area contributed by atoms with E-state index in [0.29, 0.717) is 27.2 Å². The molecule has 0 unspecified atom stereocenters. The van der Waals surface area contributed by atoms with Crippen LogP contribution in [0.4, 0.5) is 4.39 Å². The first-order valence-electron chi connectivity index (χ1n) is 6.30. The monoisotopic (exact) mass is 347 g/mol. The Hall–Kier alpha value is -1.98. The van der Waals surface area contributed by atoms with Crippen molar-refractivity contribution in [2.75, 3.05) is 0 Å². The average Bonchev–Trinajstić information content (AvgIpc) is 2.50. The third kappa shape index (κ3) is 2.89. The van der Waals surface area contributed by atoms with Crippen LogP contribution in [0, 0.1) is 5.82 Å². The molecule has 0 saturated heterocycles. The molecule has 0 fully saturated rings. The molecule has 0 aliphatic carbocycles. The molecule has 1 aromatic heterocycles. The topological polar surface area (TPSA) is 42.4 Å². The third-order valence-electron chi connectivity index (χ3n) is 3.06. The smallest absolute Gasteiger partial charge is 0.220 e. The minimum Gasteiger partial charge on any atom is -0.438 e. The minimum atomic E-state index is -0.392. The molecular formula is C16H11BrFNO2. The highest BCUT2D eigenvalue weighted by atomic mass is 79.9. The molecule has 3 nitrogen and oxygen atoms in total. The van der Waals surface area contributed by atoms with Crippen LogP contribution in [0.1, 0.15) is 5.56 Å². The molecule has 0 aliphatic heterocycles. The Labute approximate surface area is 129 Å². The lowest BCUT2D eigenvalue weighted by atomic mass is 10.1. The summed E-state index contributed by atoms with van der Waals surface area (Å²) < 4.78 is 19.5. The summed E-state index contributed by atoms with van der Waals surface area (Å²) >= 11 is 3.30.